The van der Waals surface area contributed by atoms with Gasteiger partial charge in [-0.2, -0.15) is 0 Å². The van der Waals surface area contributed by atoms with Crippen molar-refractivity contribution in [2.75, 3.05) is 11.9 Å². The van der Waals surface area contributed by atoms with Crippen molar-refractivity contribution in [2.24, 2.45) is 0 Å². The van der Waals surface area contributed by atoms with Crippen LogP contribution in [-0.4, -0.2) is 12.7 Å². The summed E-state index contributed by atoms with van der Waals surface area (Å²) in [5, 5.41) is 3.47. The third-order valence-electron chi connectivity index (χ3n) is 2.30. The first-order valence-electron chi connectivity index (χ1n) is 5.81. The summed E-state index contributed by atoms with van der Waals surface area (Å²) in [6, 6.07) is 4.85. The van der Waals surface area contributed by atoms with Gasteiger partial charge in [0.05, 0.1) is 17.3 Å². The van der Waals surface area contributed by atoms with Crippen molar-refractivity contribution in [3.05, 3.63) is 35.2 Å². The van der Waals surface area contributed by atoms with E-state index in [4.69, 9.17) is 27.9 Å². The average molecular weight is 289 g/mol. The molecule has 0 saturated heterocycles. The van der Waals surface area contributed by atoms with Gasteiger partial charge in [-0.3, -0.25) is 5.32 Å². The highest BCUT2D eigenvalue weighted by molar-refractivity contribution is 6.36. The molecule has 0 spiro atoms. The molecule has 18 heavy (non-hydrogen) atoms. The van der Waals surface area contributed by atoms with Gasteiger partial charge in [0.15, 0.2) is 0 Å². The lowest BCUT2D eigenvalue weighted by Gasteiger charge is -2.08. The fourth-order valence-corrected chi connectivity index (χ4v) is 1.81. The molecule has 3 nitrogen and oxygen atoms in total. The molecular weight excluding hydrogens is 273 g/mol. The predicted molar refractivity (Wildman–Crippen MR) is 75.3 cm³/mol. The first-order valence-corrected chi connectivity index (χ1v) is 6.57. The van der Waals surface area contributed by atoms with Crippen molar-refractivity contribution in [1.82, 2.24) is 0 Å². The van der Waals surface area contributed by atoms with Crippen LogP contribution < -0.4 is 5.32 Å². The first-order chi connectivity index (χ1) is 8.63. The Hall–Kier alpha value is -0.930. The molecule has 1 N–H and O–H groups in total. The van der Waals surface area contributed by atoms with Gasteiger partial charge in [0.25, 0.3) is 0 Å². The Balaban J connectivity index is 2.31. The number of benzene rings is 1. The first kappa shape index (κ1) is 15.1. The van der Waals surface area contributed by atoms with Crippen LogP contribution in [0.25, 0.3) is 0 Å². The van der Waals surface area contributed by atoms with E-state index in [2.05, 4.69) is 12.2 Å². The van der Waals surface area contributed by atoms with Gasteiger partial charge in [-0.1, -0.05) is 49.4 Å². The second-order valence-electron chi connectivity index (χ2n) is 3.80. The van der Waals surface area contributed by atoms with Crippen LogP contribution in [0, 0.1) is 6.92 Å². The van der Waals surface area contributed by atoms with Gasteiger partial charge in [0, 0.05) is 5.02 Å². The monoisotopic (exact) mass is 288 g/mol. The van der Waals surface area contributed by atoms with E-state index < -0.39 is 6.09 Å². The van der Waals surface area contributed by atoms with E-state index in [0.717, 1.165) is 25.7 Å². The lowest BCUT2D eigenvalue weighted by molar-refractivity contribution is 0.159. The summed E-state index contributed by atoms with van der Waals surface area (Å²) in [5.41, 5.74) is 0.490. The number of carbonyl (C=O) groups excluding carboxylic acids is 1. The van der Waals surface area contributed by atoms with Gasteiger partial charge >= 0.3 is 6.09 Å². The highest BCUT2D eigenvalue weighted by Gasteiger charge is 2.06. The Morgan fingerprint density at radius 2 is 2.06 bits per heavy atom. The molecular formula is C13H16Cl2NO2. The number of rotatable bonds is 6. The summed E-state index contributed by atoms with van der Waals surface area (Å²) in [5.74, 6) is 0. The van der Waals surface area contributed by atoms with E-state index >= 15 is 0 Å². The molecule has 0 aliphatic heterocycles. The Kier molecular flexibility index (Phi) is 6.91. The number of halogens is 2. The summed E-state index contributed by atoms with van der Waals surface area (Å²) in [4.78, 5) is 11.4. The Bertz CT molecular complexity index is 397. The summed E-state index contributed by atoms with van der Waals surface area (Å²) < 4.78 is 5.02. The molecule has 0 unspecified atom stereocenters. The smallest absolute Gasteiger partial charge is 0.411 e. The molecule has 0 heterocycles. The Labute approximate surface area is 117 Å². The van der Waals surface area contributed by atoms with Crippen LogP contribution in [0.15, 0.2) is 18.2 Å². The quantitative estimate of drug-likeness (QED) is 0.753. The molecule has 1 rings (SSSR count). The summed E-state index contributed by atoms with van der Waals surface area (Å²) in [6.45, 7) is 4.15. The molecule has 1 amide bonds. The maximum absolute atomic E-state index is 11.4. The minimum Gasteiger partial charge on any atom is -0.449 e. The zero-order valence-corrected chi connectivity index (χ0v) is 11.6. The normalized spacial score (nSPS) is 10.2. The van der Waals surface area contributed by atoms with Crippen LogP contribution in [0.2, 0.25) is 10.0 Å². The van der Waals surface area contributed by atoms with E-state index in [9.17, 15) is 4.79 Å². The molecule has 0 saturated carbocycles. The highest BCUT2D eigenvalue weighted by Crippen LogP contribution is 2.25. The van der Waals surface area contributed by atoms with Crippen LogP contribution >= 0.6 is 23.2 Å². The minimum atomic E-state index is -0.506. The second-order valence-corrected chi connectivity index (χ2v) is 4.64. The number of ether oxygens (including phenoxy) is 1. The van der Waals surface area contributed by atoms with Crippen molar-refractivity contribution >= 4 is 35.0 Å². The number of carbonyl (C=O) groups is 1. The molecule has 0 fully saturated rings. The van der Waals surface area contributed by atoms with Crippen LogP contribution in [0.5, 0.6) is 0 Å². The maximum atomic E-state index is 11.4. The summed E-state index contributed by atoms with van der Waals surface area (Å²) in [6.07, 6.45) is 3.31. The number of anilines is 1. The van der Waals surface area contributed by atoms with E-state index in [1.54, 1.807) is 18.2 Å². The van der Waals surface area contributed by atoms with Crippen molar-refractivity contribution in [2.45, 2.75) is 25.7 Å². The van der Waals surface area contributed by atoms with E-state index in [0.29, 0.717) is 22.3 Å². The highest BCUT2D eigenvalue weighted by atomic mass is 35.5. The molecule has 0 aliphatic carbocycles. The summed E-state index contributed by atoms with van der Waals surface area (Å²) >= 11 is 11.7. The third kappa shape index (κ3) is 5.61. The molecule has 1 aromatic carbocycles. The molecule has 99 valence electrons. The molecule has 1 radical (unpaired) electrons. The fraction of sp³-hybridized carbons (Fsp3) is 0.385. The van der Waals surface area contributed by atoms with Crippen molar-refractivity contribution < 1.29 is 9.53 Å². The third-order valence-corrected chi connectivity index (χ3v) is 2.84. The SMILES string of the molecule is [CH2]CCCCCOC(=O)Nc1ccc(Cl)cc1Cl. The maximum Gasteiger partial charge on any atom is 0.411 e. The van der Waals surface area contributed by atoms with Crippen LogP contribution in [0.4, 0.5) is 10.5 Å². The van der Waals surface area contributed by atoms with Crippen molar-refractivity contribution in [3.63, 3.8) is 0 Å². The Morgan fingerprint density at radius 3 is 2.72 bits per heavy atom. The number of unbranched alkanes of at least 4 members (excludes halogenated alkanes) is 3. The minimum absolute atomic E-state index is 0.386. The van der Waals surface area contributed by atoms with Crippen LogP contribution in [0.1, 0.15) is 25.7 Å². The van der Waals surface area contributed by atoms with Gasteiger partial charge in [0.1, 0.15) is 0 Å². The van der Waals surface area contributed by atoms with Crippen molar-refractivity contribution in [3.8, 4) is 0 Å². The number of nitrogens with one attached hydrogen (secondary N) is 1. The zero-order chi connectivity index (χ0) is 13.4. The molecule has 0 bridgehead atoms. The lowest BCUT2D eigenvalue weighted by atomic mass is 10.2. The van der Waals surface area contributed by atoms with Crippen LogP contribution in [-0.2, 0) is 4.74 Å². The largest absolute Gasteiger partial charge is 0.449 e. The van der Waals surface area contributed by atoms with Gasteiger partial charge in [-0.15, -0.1) is 0 Å². The average Bonchev–Trinajstić information content (AvgIpc) is 2.32. The molecule has 0 aromatic heterocycles. The predicted octanol–water partition coefficient (Wildman–Crippen LogP) is 4.94. The van der Waals surface area contributed by atoms with E-state index in [-0.39, 0.29) is 0 Å². The Morgan fingerprint density at radius 1 is 1.28 bits per heavy atom. The summed E-state index contributed by atoms with van der Waals surface area (Å²) in [7, 11) is 0. The molecule has 0 aliphatic rings. The van der Waals surface area contributed by atoms with Gasteiger partial charge in [-0.25, -0.2) is 4.79 Å². The van der Waals surface area contributed by atoms with E-state index in [1.807, 2.05) is 0 Å². The number of amides is 1. The second kappa shape index (κ2) is 8.22. The molecule has 1 aromatic rings. The number of hydrogen-bond donors (Lipinski definition) is 1. The molecule has 0 atom stereocenters. The van der Waals surface area contributed by atoms with Gasteiger partial charge in [-0.05, 0) is 24.6 Å². The fourth-order valence-electron chi connectivity index (χ4n) is 1.36. The van der Waals surface area contributed by atoms with Crippen molar-refractivity contribution in [1.29, 1.82) is 0 Å². The topological polar surface area (TPSA) is 38.3 Å². The zero-order valence-electron chi connectivity index (χ0n) is 10.0. The van der Waals surface area contributed by atoms with Crippen LogP contribution in [0.3, 0.4) is 0 Å². The lowest BCUT2D eigenvalue weighted by Crippen LogP contribution is -2.14. The molecule has 5 heteroatoms. The van der Waals surface area contributed by atoms with E-state index in [1.165, 1.54) is 0 Å². The number of hydrogen-bond acceptors (Lipinski definition) is 2. The standard InChI is InChI=1S/C13H16Cl2NO2/c1-2-3-4-5-8-18-13(17)16-12-7-6-10(14)9-11(12)15/h6-7,9H,1-5,8H2,(H,16,17). The van der Waals surface area contributed by atoms with Gasteiger partial charge in [0.2, 0.25) is 0 Å². The van der Waals surface area contributed by atoms with Gasteiger partial charge < -0.3 is 4.74 Å².